The number of carbonyl (C=O) groups excluding carboxylic acids is 1. The van der Waals surface area contributed by atoms with E-state index in [1.165, 1.54) is 4.13 Å². The van der Waals surface area contributed by atoms with Crippen LogP contribution in [-0.2, 0) is 44.2 Å². The second kappa shape index (κ2) is 7.09. The molecule has 29 heavy (non-hydrogen) atoms. The van der Waals surface area contributed by atoms with Crippen molar-refractivity contribution in [1.82, 2.24) is 4.13 Å². The van der Waals surface area contributed by atoms with Crippen LogP contribution in [0.3, 0.4) is 0 Å². The van der Waals surface area contributed by atoms with E-state index in [0.717, 1.165) is 6.42 Å². The molecule has 15 heteroatoms. The van der Waals surface area contributed by atoms with E-state index in [-0.39, 0.29) is 18.3 Å². The fraction of sp³-hybridized carbons (Fsp3) is 0.929. The van der Waals surface area contributed by atoms with Crippen molar-refractivity contribution in [2.45, 2.75) is 49.6 Å². The number of nitrogens with one attached hydrogen (secondary N) is 1. The molecular weight excluding hydrogens is 457 g/mol. The Hall–Kier alpha value is -0.870. The number of ether oxygens (including phenoxy) is 1. The average Bonchev–Trinajstić information content (AvgIpc) is 2.45. The van der Waals surface area contributed by atoms with Crippen LogP contribution in [0.5, 0.6) is 0 Å². The van der Waals surface area contributed by atoms with Gasteiger partial charge in [0.25, 0.3) is 5.50 Å². The van der Waals surface area contributed by atoms with Gasteiger partial charge in [-0.25, -0.2) is 12.8 Å². The summed E-state index contributed by atoms with van der Waals surface area (Å²) in [5.74, 6) is -1.06. The molecule has 3 unspecified atom stereocenters. The van der Waals surface area contributed by atoms with Crippen molar-refractivity contribution in [3.8, 4) is 0 Å². The Bertz CT molecular complexity index is 992. The van der Waals surface area contributed by atoms with Crippen LogP contribution in [-0.4, -0.2) is 59.7 Å². The van der Waals surface area contributed by atoms with E-state index < -0.39 is 59.5 Å². The third-order valence-electron chi connectivity index (χ3n) is 5.65. The average molecular weight is 480 g/mol. The lowest BCUT2D eigenvalue weighted by atomic mass is 9.48. The number of esters is 1. The quantitative estimate of drug-likeness (QED) is 0.353. The van der Waals surface area contributed by atoms with E-state index >= 15 is 0 Å². The van der Waals surface area contributed by atoms with Gasteiger partial charge < -0.3 is 4.74 Å². The molecule has 0 aromatic heterocycles. The fourth-order valence-electron chi connectivity index (χ4n) is 5.33. The Morgan fingerprint density at radius 2 is 1.69 bits per heavy atom. The minimum absolute atomic E-state index is 0.0834. The first-order chi connectivity index (χ1) is 13.0. The van der Waals surface area contributed by atoms with Gasteiger partial charge in [-0.2, -0.15) is 16.8 Å². The van der Waals surface area contributed by atoms with Gasteiger partial charge in [0.05, 0.1) is 17.3 Å². The lowest BCUT2D eigenvalue weighted by Crippen LogP contribution is -2.60. The van der Waals surface area contributed by atoms with E-state index in [1.807, 2.05) is 0 Å². The molecule has 0 amide bonds. The molecule has 0 heterocycles. The molecule has 0 aliphatic heterocycles. The standard InChI is InChI=1S/C14H22FNO10S3/c1-27(18,19)16-29(23,24)26-14-5-9-2-10(6-14)4-13(3-9,8-14)12(17)25-7-11(15)28(20,21)22/h9-11,16H,2-8H2,1H3,(H,20,21,22). The van der Waals surface area contributed by atoms with Gasteiger partial charge in [-0.15, -0.1) is 0 Å². The molecule has 0 spiro atoms. The monoisotopic (exact) mass is 479 g/mol. The predicted molar refractivity (Wildman–Crippen MR) is 95.2 cm³/mol. The molecule has 11 nitrogen and oxygen atoms in total. The predicted octanol–water partition coefficient (Wildman–Crippen LogP) is -0.137. The summed E-state index contributed by atoms with van der Waals surface area (Å²) in [4.78, 5) is 12.7. The molecule has 2 N–H and O–H groups in total. The molecular formula is C14H22FNO10S3. The molecule has 4 saturated carbocycles. The molecule has 4 bridgehead atoms. The third kappa shape index (κ3) is 5.07. The Kier molecular flexibility index (Phi) is 5.57. The van der Waals surface area contributed by atoms with Crippen LogP contribution >= 0.6 is 0 Å². The van der Waals surface area contributed by atoms with Crippen molar-refractivity contribution in [1.29, 1.82) is 0 Å². The molecule has 0 aromatic rings. The van der Waals surface area contributed by atoms with Crippen LogP contribution < -0.4 is 4.13 Å². The van der Waals surface area contributed by atoms with Crippen LogP contribution in [0.2, 0.25) is 0 Å². The molecule has 4 aliphatic carbocycles. The molecule has 168 valence electrons. The first kappa shape index (κ1) is 22.8. The zero-order valence-corrected chi connectivity index (χ0v) is 17.9. The van der Waals surface area contributed by atoms with Crippen molar-refractivity contribution < 1.29 is 47.9 Å². The number of alkyl halides is 1. The maximum absolute atomic E-state index is 13.4. The SMILES string of the molecule is CS(=O)(=O)NS(=O)(=O)OC12CC3CC(C1)CC(C(=O)OCC(F)S(=O)(=O)O)(C3)C2. The van der Waals surface area contributed by atoms with Gasteiger partial charge in [0, 0.05) is 0 Å². The van der Waals surface area contributed by atoms with Crippen molar-refractivity contribution in [3.05, 3.63) is 0 Å². The molecule has 0 radical (unpaired) electrons. The Labute approximate surface area is 168 Å². The van der Waals surface area contributed by atoms with Crippen molar-refractivity contribution >= 4 is 36.4 Å². The minimum Gasteiger partial charge on any atom is -0.461 e. The summed E-state index contributed by atoms with van der Waals surface area (Å²) in [7, 11) is -13.8. The molecule has 4 fully saturated rings. The Morgan fingerprint density at radius 3 is 2.17 bits per heavy atom. The van der Waals surface area contributed by atoms with Crippen molar-refractivity contribution in [2.75, 3.05) is 12.9 Å². The van der Waals surface area contributed by atoms with Gasteiger partial charge in [-0.1, -0.05) is 4.13 Å². The van der Waals surface area contributed by atoms with E-state index in [1.54, 1.807) is 0 Å². The van der Waals surface area contributed by atoms with Crippen LogP contribution in [0, 0.1) is 17.3 Å². The van der Waals surface area contributed by atoms with Gasteiger partial charge in [0.15, 0.2) is 0 Å². The third-order valence-corrected chi connectivity index (χ3v) is 9.03. The normalized spacial score (nSPS) is 35.4. The van der Waals surface area contributed by atoms with Gasteiger partial charge in [-0.05, 0) is 50.4 Å². The second-order valence-corrected chi connectivity index (χ2v) is 13.2. The van der Waals surface area contributed by atoms with Crippen LogP contribution in [0.25, 0.3) is 0 Å². The van der Waals surface area contributed by atoms with Crippen LogP contribution in [0.1, 0.15) is 38.5 Å². The van der Waals surface area contributed by atoms with Gasteiger partial charge in [0.2, 0.25) is 10.0 Å². The molecule has 0 saturated heterocycles. The second-order valence-electron chi connectivity index (χ2n) is 8.34. The Balaban J connectivity index is 1.79. The highest BCUT2D eigenvalue weighted by atomic mass is 32.3. The summed E-state index contributed by atoms with van der Waals surface area (Å²) in [6, 6.07) is 0. The number of carbonyl (C=O) groups is 1. The number of sulfonamides is 1. The highest BCUT2D eigenvalue weighted by Crippen LogP contribution is 2.63. The summed E-state index contributed by atoms with van der Waals surface area (Å²) < 4.78 is 102. The summed E-state index contributed by atoms with van der Waals surface area (Å²) in [6.07, 6.45) is 2.61. The largest absolute Gasteiger partial charge is 0.461 e. The van der Waals surface area contributed by atoms with Crippen molar-refractivity contribution in [2.24, 2.45) is 17.3 Å². The van der Waals surface area contributed by atoms with E-state index in [9.17, 15) is 34.4 Å². The number of rotatable bonds is 8. The lowest BCUT2D eigenvalue weighted by molar-refractivity contribution is -0.190. The first-order valence-corrected chi connectivity index (χ1v) is 13.6. The number of hydrogen-bond donors (Lipinski definition) is 2. The summed E-state index contributed by atoms with van der Waals surface area (Å²) in [5.41, 5.74) is -5.29. The maximum atomic E-state index is 13.4. The summed E-state index contributed by atoms with van der Waals surface area (Å²) in [6.45, 7) is -1.18. The Morgan fingerprint density at radius 1 is 1.14 bits per heavy atom. The zero-order valence-electron chi connectivity index (χ0n) is 15.4. The molecule has 0 aromatic carbocycles. The topological polar surface area (TPSA) is 170 Å². The highest BCUT2D eigenvalue weighted by Gasteiger charge is 2.63. The molecule has 3 atom stereocenters. The maximum Gasteiger partial charge on any atom is 0.349 e. The number of halogens is 1. The van der Waals surface area contributed by atoms with E-state index in [2.05, 4.69) is 0 Å². The van der Waals surface area contributed by atoms with Crippen molar-refractivity contribution in [3.63, 3.8) is 0 Å². The highest BCUT2D eigenvalue weighted by molar-refractivity contribution is 8.02. The first-order valence-electron chi connectivity index (χ1n) is 8.75. The summed E-state index contributed by atoms with van der Waals surface area (Å²) >= 11 is 0. The van der Waals surface area contributed by atoms with Gasteiger partial charge >= 0.3 is 26.4 Å². The minimum atomic E-state index is -5.02. The van der Waals surface area contributed by atoms with Gasteiger partial charge in [-0.3, -0.25) is 13.5 Å². The van der Waals surface area contributed by atoms with Crippen LogP contribution in [0.15, 0.2) is 0 Å². The van der Waals surface area contributed by atoms with E-state index in [0.29, 0.717) is 31.9 Å². The van der Waals surface area contributed by atoms with E-state index in [4.69, 9.17) is 13.5 Å². The van der Waals surface area contributed by atoms with Gasteiger partial charge in [0.1, 0.15) is 6.61 Å². The summed E-state index contributed by atoms with van der Waals surface area (Å²) in [5, 5.41) is 0. The lowest BCUT2D eigenvalue weighted by Gasteiger charge is -2.59. The van der Waals surface area contributed by atoms with Crippen LogP contribution in [0.4, 0.5) is 4.39 Å². The number of hydrogen-bond acceptors (Lipinski definition) is 9. The smallest absolute Gasteiger partial charge is 0.349 e. The molecule has 4 rings (SSSR count). The zero-order chi connectivity index (χ0) is 21.9. The fourth-order valence-corrected chi connectivity index (χ4v) is 7.85. The molecule has 4 aliphatic rings.